The molecule has 5 nitrogen and oxygen atoms in total. The molecule has 1 aromatic heterocycles. The summed E-state index contributed by atoms with van der Waals surface area (Å²) in [5.74, 6) is 1.16. The van der Waals surface area contributed by atoms with Crippen molar-refractivity contribution in [1.29, 1.82) is 0 Å². The van der Waals surface area contributed by atoms with Gasteiger partial charge in [-0.3, -0.25) is 4.98 Å². The standard InChI is InChI=1S/C20H19NO4S/c1-24-18-11-15-13-21-20(14-7-5-4-6-8-14)16(9-10-26(3,22)23)17(15)12-19(18)25-2/h4-13H,1-3H3/b10-9+. The monoisotopic (exact) mass is 369 g/mol. The zero-order valence-corrected chi connectivity index (χ0v) is 15.6. The van der Waals surface area contributed by atoms with Crippen LogP contribution in [0.4, 0.5) is 0 Å². The van der Waals surface area contributed by atoms with Crippen LogP contribution in [0, 0.1) is 0 Å². The summed E-state index contributed by atoms with van der Waals surface area (Å²) in [6.45, 7) is 0. The van der Waals surface area contributed by atoms with Crippen LogP contribution in [0.25, 0.3) is 28.1 Å². The molecule has 0 aliphatic heterocycles. The van der Waals surface area contributed by atoms with E-state index in [2.05, 4.69) is 4.98 Å². The Balaban J connectivity index is 2.35. The van der Waals surface area contributed by atoms with Crippen LogP contribution in [0.3, 0.4) is 0 Å². The smallest absolute Gasteiger partial charge is 0.168 e. The van der Waals surface area contributed by atoms with E-state index in [9.17, 15) is 8.42 Å². The number of nitrogens with zero attached hydrogens (tertiary/aromatic N) is 1. The van der Waals surface area contributed by atoms with E-state index in [1.807, 2.05) is 42.5 Å². The number of sulfone groups is 1. The second-order valence-electron chi connectivity index (χ2n) is 5.81. The fraction of sp³-hybridized carbons (Fsp3) is 0.150. The Morgan fingerprint density at radius 2 is 1.65 bits per heavy atom. The molecule has 6 heteroatoms. The van der Waals surface area contributed by atoms with Gasteiger partial charge in [0, 0.05) is 34.4 Å². The Morgan fingerprint density at radius 3 is 2.27 bits per heavy atom. The molecule has 0 amide bonds. The molecular weight excluding hydrogens is 350 g/mol. The summed E-state index contributed by atoms with van der Waals surface area (Å²) in [5, 5.41) is 2.85. The van der Waals surface area contributed by atoms with Crippen LogP contribution >= 0.6 is 0 Å². The van der Waals surface area contributed by atoms with E-state index >= 15 is 0 Å². The van der Waals surface area contributed by atoms with E-state index in [0.29, 0.717) is 22.8 Å². The lowest BCUT2D eigenvalue weighted by Gasteiger charge is -2.13. The minimum atomic E-state index is -3.28. The van der Waals surface area contributed by atoms with E-state index in [1.54, 1.807) is 26.5 Å². The fourth-order valence-electron chi connectivity index (χ4n) is 2.75. The van der Waals surface area contributed by atoms with Gasteiger partial charge in [-0.25, -0.2) is 8.42 Å². The molecule has 3 rings (SSSR count). The summed E-state index contributed by atoms with van der Waals surface area (Å²) in [6.07, 6.45) is 4.49. The van der Waals surface area contributed by atoms with Gasteiger partial charge in [-0.2, -0.15) is 0 Å². The molecule has 0 atom stereocenters. The predicted octanol–water partition coefficient (Wildman–Crippen LogP) is 3.93. The van der Waals surface area contributed by atoms with E-state index in [0.717, 1.165) is 22.6 Å². The second-order valence-corrected chi connectivity index (χ2v) is 7.74. The first-order valence-electron chi connectivity index (χ1n) is 7.91. The van der Waals surface area contributed by atoms with Gasteiger partial charge < -0.3 is 9.47 Å². The average molecular weight is 369 g/mol. The third kappa shape index (κ3) is 3.70. The Bertz CT molecular complexity index is 1070. The summed E-state index contributed by atoms with van der Waals surface area (Å²) in [6, 6.07) is 13.3. The summed E-state index contributed by atoms with van der Waals surface area (Å²) < 4.78 is 34.1. The molecule has 0 radical (unpaired) electrons. The number of rotatable bonds is 5. The van der Waals surface area contributed by atoms with Crippen molar-refractivity contribution in [3.63, 3.8) is 0 Å². The summed E-state index contributed by atoms with van der Waals surface area (Å²) in [5.41, 5.74) is 2.31. The van der Waals surface area contributed by atoms with Crippen LogP contribution in [0.1, 0.15) is 5.56 Å². The number of fused-ring (bicyclic) bond motifs is 1. The third-order valence-corrected chi connectivity index (χ3v) is 4.59. The highest BCUT2D eigenvalue weighted by molar-refractivity contribution is 7.93. The van der Waals surface area contributed by atoms with Crippen molar-refractivity contribution in [3.8, 4) is 22.8 Å². The molecule has 0 aliphatic rings. The van der Waals surface area contributed by atoms with Crippen molar-refractivity contribution in [2.24, 2.45) is 0 Å². The van der Waals surface area contributed by atoms with Gasteiger partial charge in [-0.05, 0) is 23.6 Å². The maximum atomic E-state index is 11.7. The molecule has 3 aromatic rings. The van der Waals surface area contributed by atoms with Crippen LogP contribution in [-0.2, 0) is 9.84 Å². The van der Waals surface area contributed by atoms with Gasteiger partial charge in [0.2, 0.25) is 0 Å². The molecule has 2 aromatic carbocycles. The van der Waals surface area contributed by atoms with Gasteiger partial charge in [-0.1, -0.05) is 30.3 Å². The lowest BCUT2D eigenvalue weighted by atomic mass is 9.99. The first-order valence-corrected chi connectivity index (χ1v) is 9.86. The highest BCUT2D eigenvalue weighted by atomic mass is 32.2. The predicted molar refractivity (Wildman–Crippen MR) is 104 cm³/mol. The molecule has 0 fully saturated rings. The van der Waals surface area contributed by atoms with Crippen molar-refractivity contribution in [3.05, 3.63) is 59.6 Å². The molecule has 134 valence electrons. The first kappa shape index (κ1) is 17.9. The fourth-order valence-corrected chi connectivity index (χ4v) is 3.14. The number of aromatic nitrogens is 1. The van der Waals surface area contributed by atoms with E-state index in [-0.39, 0.29) is 0 Å². The van der Waals surface area contributed by atoms with Crippen molar-refractivity contribution in [2.75, 3.05) is 20.5 Å². The van der Waals surface area contributed by atoms with Gasteiger partial charge in [-0.15, -0.1) is 0 Å². The maximum Gasteiger partial charge on any atom is 0.168 e. The highest BCUT2D eigenvalue weighted by Crippen LogP contribution is 2.36. The summed E-state index contributed by atoms with van der Waals surface area (Å²) in [7, 11) is -0.149. The van der Waals surface area contributed by atoms with Crippen molar-refractivity contribution >= 4 is 26.7 Å². The van der Waals surface area contributed by atoms with Gasteiger partial charge in [0.25, 0.3) is 0 Å². The van der Waals surface area contributed by atoms with E-state index in [4.69, 9.17) is 9.47 Å². The molecule has 0 bridgehead atoms. The third-order valence-electron chi connectivity index (χ3n) is 3.96. The number of benzene rings is 2. The van der Waals surface area contributed by atoms with E-state index in [1.165, 1.54) is 5.41 Å². The largest absolute Gasteiger partial charge is 0.493 e. The normalized spacial score (nSPS) is 11.8. The van der Waals surface area contributed by atoms with Gasteiger partial charge in [0.1, 0.15) is 0 Å². The van der Waals surface area contributed by atoms with Gasteiger partial charge in [0.05, 0.1) is 19.9 Å². The van der Waals surface area contributed by atoms with E-state index < -0.39 is 9.84 Å². The Morgan fingerprint density at radius 1 is 1.00 bits per heavy atom. The average Bonchev–Trinajstić information content (AvgIpc) is 2.64. The number of pyridine rings is 1. The zero-order chi connectivity index (χ0) is 18.7. The van der Waals surface area contributed by atoms with Crippen molar-refractivity contribution in [2.45, 2.75) is 0 Å². The van der Waals surface area contributed by atoms with Gasteiger partial charge >= 0.3 is 0 Å². The maximum absolute atomic E-state index is 11.7. The lowest BCUT2D eigenvalue weighted by molar-refractivity contribution is 0.356. The molecular formula is C20H19NO4S. The first-order chi connectivity index (χ1) is 12.4. The molecule has 1 heterocycles. The number of hydrogen-bond donors (Lipinski definition) is 0. The number of methoxy groups -OCH3 is 2. The van der Waals surface area contributed by atoms with Crippen molar-refractivity contribution in [1.82, 2.24) is 4.98 Å². The minimum Gasteiger partial charge on any atom is -0.493 e. The molecule has 0 unspecified atom stereocenters. The zero-order valence-electron chi connectivity index (χ0n) is 14.8. The molecule has 0 aliphatic carbocycles. The Hall–Kier alpha value is -2.86. The molecule has 0 N–H and O–H groups in total. The number of ether oxygens (including phenoxy) is 2. The summed E-state index contributed by atoms with van der Waals surface area (Å²) in [4.78, 5) is 4.57. The van der Waals surface area contributed by atoms with Gasteiger partial charge in [0.15, 0.2) is 21.3 Å². The summed E-state index contributed by atoms with van der Waals surface area (Å²) >= 11 is 0. The van der Waals surface area contributed by atoms with Crippen molar-refractivity contribution < 1.29 is 17.9 Å². The van der Waals surface area contributed by atoms with Crippen LogP contribution < -0.4 is 9.47 Å². The quantitative estimate of drug-likeness (QED) is 0.682. The highest BCUT2D eigenvalue weighted by Gasteiger charge is 2.13. The Labute approximate surface area is 152 Å². The lowest BCUT2D eigenvalue weighted by Crippen LogP contribution is -1.95. The topological polar surface area (TPSA) is 65.5 Å². The van der Waals surface area contributed by atoms with Crippen LogP contribution in [0.15, 0.2) is 54.1 Å². The molecule has 0 saturated carbocycles. The number of hydrogen-bond acceptors (Lipinski definition) is 5. The molecule has 0 saturated heterocycles. The van der Waals surface area contributed by atoms with Crippen LogP contribution in [0.2, 0.25) is 0 Å². The molecule has 0 spiro atoms. The van der Waals surface area contributed by atoms with Crippen LogP contribution in [0.5, 0.6) is 11.5 Å². The molecule has 26 heavy (non-hydrogen) atoms. The SMILES string of the molecule is COc1cc2cnc(-c3ccccc3)c(/C=C/S(C)(=O)=O)c2cc1OC. The van der Waals surface area contributed by atoms with Crippen LogP contribution in [-0.4, -0.2) is 33.9 Å². The Kier molecular flexibility index (Phi) is 4.95. The minimum absolute atomic E-state index is 0.569. The second kappa shape index (κ2) is 7.17.